The van der Waals surface area contributed by atoms with Crippen molar-refractivity contribution in [3.8, 4) is 0 Å². The molecule has 2 aliphatic heterocycles. The summed E-state index contributed by atoms with van der Waals surface area (Å²) in [5.41, 5.74) is 2.85. The molecule has 0 aromatic heterocycles. The van der Waals surface area contributed by atoms with Gasteiger partial charge in [0.05, 0.1) is 16.3 Å². The number of alkyl halides is 3. The Morgan fingerprint density at radius 3 is 2.10 bits per heavy atom. The van der Waals surface area contributed by atoms with Crippen molar-refractivity contribution in [1.82, 2.24) is 15.1 Å². The zero-order valence-electron chi connectivity index (χ0n) is 23.1. The summed E-state index contributed by atoms with van der Waals surface area (Å²) in [6.07, 6.45) is -3.16. The molecule has 226 valence electrons. The van der Waals surface area contributed by atoms with E-state index in [-0.39, 0.29) is 10.8 Å². The van der Waals surface area contributed by atoms with Gasteiger partial charge in [0.25, 0.3) is 15.9 Å². The third-order valence-electron chi connectivity index (χ3n) is 6.75. The van der Waals surface area contributed by atoms with Gasteiger partial charge in [-0.05, 0) is 49.4 Å². The number of amides is 1. The number of hydrogen-bond donors (Lipinski definition) is 3. The number of anilines is 2. The van der Waals surface area contributed by atoms with E-state index in [1.165, 1.54) is 0 Å². The van der Waals surface area contributed by atoms with E-state index in [0.717, 1.165) is 63.4 Å². The van der Waals surface area contributed by atoms with Gasteiger partial charge in [-0.25, -0.2) is 13.2 Å². The topological polar surface area (TPSA) is 122 Å². The number of nitrogens with zero attached hydrogens (tertiary/aromatic N) is 3. The van der Waals surface area contributed by atoms with Gasteiger partial charge in [-0.2, -0.15) is 13.2 Å². The predicted octanol–water partition coefficient (Wildman–Crippen LogP) is 2.87. The van der Waals surface area contributed by atoms with Crippen molar-refractivity contribution in [3.63, 3.8) is 0 Å². The van der Waals surface area contributed by atoms with E-state index in [1.54, 1.807) is 18.2 Å². The Labute approximate surface area is 238 Å². The maximum atomic E-state index is 13.3. The molecular formula is C27H36F3N5O5S. The van der Waals surface area contributed by atoms with Gasteiger partial charge < -0.3 is 25.1 Å². The van der Waals surface area contributed by atoms with E-state index in [9.17, 15) is 26.4 Å². The molecular weight excluding hydrogens is 563 g/mol. The molecule has 2 fully saturated rings. The van der Waals surface area contributed by atoms with Crippen LogP contribution < -0.4 is 14.9 Å². The number of aryl methyl sites for hydroxylation is 1. The van der Waals surface area contributed by atoms with Gasteiger partial charge in [-0.15, -0.1) is 0 Å². The normalized spacial score (nSPS) is 16.5. The van der Waals surface area contributed by atoms with Gasteiger partial charge in [0.15, 0.2) is 0 Å². The lowest BCUT2D eigenvalue weighted by Crippen LogP contribution is -2.47. The van der Waals surface area contributed by atoms with Crippen molar-refractivity contribution in [2.45, 2.75) is 30.8 Å². The van der Waals surface area contributed by atoms with Crippen LogP contribution in [0.2, 0.25) is 0 Å². The number of benzene rings is 2. The molecule has 2 saturated heterocycles. The van der Waals surface area contributed by atoms with Crippen LogP contribution in [0.15, 0.2) is 47.4 Å². The summed E-state index contributed by atoms with van der Waals surface area (Å²) in [7, 11) is -1.76. The summed E-state index contributed by atoms with van der Waals surface area (Å²) in [5.74, 6) is -2.82. The van der Waals surface area contributed by atoms with Crippen LogP contribution in [0.3, 0.4) is 0 Å². The van der Waals surface area contributed by atoms with Crippen LogP contribution >= 0.6 is 0 Å². The zero-order chi connectivity index (χ0) is 30.2. The van der Waals surface area contributed by atoms with Crippen molar-refractivity contribution >= 4 is 33.3 Å². The highest BCUT2D eigenvalue weighted by atomic mass is 32.2. The van der Waals surface area contributed by atoms with E-state index in [1.807, 2.05) is 36.2 Å². The summed E-state index contributed by atoms with van der Waals surface area (Å²) in [4.78, 5) is 28.5. The smallest absolute Gasteiger partial charge is 0.475 e. The van der Waals surface area contributed by atoms with Crippen LogP contribution in [0.4, 0.5) is 24.5 Å². The molecule has 0 atom stereocenters. The second kappa shape index (κ2) is 14.0. The Morgan fingerprint density at radius 1 is 0.976 bits per heavy atom. The number of carbonyl (C=O) groups is 2. The first-order chi connectivity index (χ1) is 19.3. The highest BCUT2D eigenvalue weighted by molar-refractivity contribution is 7.92. The number of nitrogens with one attached hydrogen (secondary N) is 2. The summed E-state index contributed by atoms with van der Waals surface area (Å²) in [6, 6.07) is 12.4. The molecule has 0 bridgehead atoms. The van der Waals surface area contributed by atoms with Crippen LogP contribution in [0, 0.1) is 0 Å². The first-order valence-electron chi connectivity index (χ1n) is 13.3. The van der Waals surface area contributed by atoms with Crippen molar-refractivity contribution in [1.29, 1.82) is 0 Å². The summed E-state index contributed by atoms with van der Waals surface area (Å²) in [6.45, 7) is 8.29. The first-order valence-corrected chi connectivity index (χ1v) is 14.8. The summed E-state index contributed by atoms with van der Waals surface area (Å²) in [5, 5.41) is 10.4. The fourth-order valence-electron chi connectivity index (χ4n) is 4.45. The minimum Gasteiger partial charge on any atom is -0.475 e. The monoisotopic (exact) mass is 599 g/mol. The lowest BCUT2D eigenvalue weighted by Gasteiger charge is -2.33. The van der Waals surface area contributed by atoms with Crippen LogP contribution in [0.5, 0.6) is 0 Å². The van der Waals surface area contributed by atoms with Gasteiger partial charge in [0.1, 0.15) is 0 Å². The van der Waals surface area contributed by atoms with E-state index in [0.29, 0.717) is 24.3 Å². The number of likely N-dealkylation sites (N-methyl/N-ethyl adjacent to an activating group) is 1. The minimum atomic E-state index is -5.08. The third kappa shape index (κ3) is 9.07. The number of halogens is 3. The van der Waals surface area contributed by atoms with Crippen LogP contribution in [0.1, 0.15) is 29.3 Å². The predicted molar refractivity (Wildman–Crippen MR) is 150 cm³/mol. The first kappa shape index (κ1) is 32.2. The van der Waals surface area contributed by atoms with Gasteiger partial charge >= 0.3 is 12.1 Å². The molecule has 2 aromatic rings. The summed E-state index contributed by atoms with van der Waals surface area (Å²) < 4.78 is 61.1. The third-order valence-corrected chi connectivity index (χ3v) is 8.13. The molecule has 2 aromatic carbocycles. The molecule has 2 aliphatic rings. The SMILES string of the molecule is CCCc1ccc(S(=O)(=O)Nc2cc(C(=O)N3CCN(C)CC3)ccc2N2CCNCC2)cc1.O=C(O)C(F)(F)F. The number of hydrogen-bond acceptors (Lipinski definition) is 7. The Kier molecular flexibility index (Phi) is 11.0. The maximum Gasteiger partial charge on any atom is 0.490 e. The fraction of sp³-hybridized carbons (Fsp3) is 0.481. The van der Waals surface area contributed by atoms with Gasteiger partial charge in [0, 0.05) is 57.9 Å². The van der Waals surface area contributed by atoms with Crippen LogP contribution in [-0.2, 0) is 21.2 Å². The zero-order valence-corrected chi connectivity index (χ0v) is 23.9. The molecule has 10 nitrogen and oxygen atoms in total. The van der Waals surface area contributed by atoms with Gasteiger partial charge in [-0.3, -0.25) is 9.52 Å². The number of carbonyl (C=O) groups excluding carboxylic acids is 1. The molecule has 3 N–H and O–H groups in total. The molecule has 14 heteroatoms. The number of carboxylic acids is 1. The number of sulfonamides is 1. The maximum absolute atomic E-state index is 13.3. The van der Waals surface area contributed by atoms with E-state index in [4.69, 9.17) is 9.90 Å². The number of piperazine rings is 2. The molecule has 0 unspecified atom stereocenters. The molecule has 4 rings (SSSR count). The van der Waals surface area contributed by atoms with Crippen molar-refractivity contribution < 1.29 is 36.3 Å². The van der Waals surface area contributed by atoms with Gasteiger partial charge in [-0.1, -0.05) is 25.5 Å². The molecule has 41 heavy (non-hydrogen) atoms. The molecule has 0 saturated carbocycles. The standard InChI is InChI=1S/C25H35N5O3S.C2HF3O2/c1-3-4-20-5-8-22(9-6-20)34(32,33)27-23-19-21(25(31)30-17-15-28(2)16-18-30)7-10-24(23)29-13-11-26-12-14-29;3-2(4,5)1(6)7/h5-10,19,26-27H,3-4,11-18H2,1-2H3;(H,6,7). The lowest BCUT2D eigenvalue weighted by molar-refractivity contribution is -0.192. The lowest BCUT2D eigenvalue weighted by atomic mass is 10.1. The molecule has 0 spiro atoms. The highest BCUT2D eigenvalue weighted by Crippen LogP contribution is 2.31. The number of rotatable bonds is 7. The van der Waals surface area contributed by atoms with Crippen molar-refractivity contribution in [2.75, 3.05) is 69.0 Å². The van der Waals surface area contributed by atoms with E-state index in [2.05, 4.69) is 26.8 Å². The Morgan fingerprint density at radius 2 is 1.56 bits per heavy atom. The van der Waals surface area contributed by atoms with E-state index >= 15 is 0 Å². The highest BCUT2D eigenvalue weighted by Gasteiger charge is 2.38. The molecule has 2 heterocycles. The van der Waals surface area contributed by atoms with Crippen molar-refractivity contribution in [3.05, 3.63) is 53.6 Å². The second-order valence-electron chi connectivity index (χ2n) is 9.87. The van der Waals surface area contributed by atoms with Gasteiger partial charge in [0.2, 0.25) is 0 Å². The minimum absolute atomic E-state index is 0.0654. The molecule has 1 amide bonds. The largest absolute Gasteiger partial charge is 0.490 e. The van der Waals surface area contributed by atoms with Crippen molar-refractivity contribution in [2.24, 2.45) is 0 Å². The van der Waals surface area contributed by atoms with E-state index < -0.39 is 22.2 Å². The number of aliphatic carboxylic acids is 1. The quantitative estimate of drug-likeness (QED) is 0.444. The Hall–Kier alpha value is -3.36. The van der Waals surface area contributed by atoms with Crippen LogP contribution in [-0.4, -0.2) is 101 Å². The Balaban J connectivity index is 0.000000587. The Bertz CT molecular complexity index is 1290. The molecule has 0 aliphatic carbocycles. The summed E-state index contributed by atoms with van der Waals surface area (Å²) >= 11 is 0. The second-order valence-corrected chi connectivity index (χ2v) is 11.5. The average molecular weight is 600 g/mol. The van der Waals surface area contributed by atoms with Crippen LogP contribution in [0.25, 0.3) is 0 Å². The average Bonchev–Trinajstić information content (AvgIpc) is 2.94. The fourth-order valence-corrected chi connectivity index (χ4v) is 5.52. The number of carboxylic acid groups (broad SMARTS) is 1. The molecule has 0 radical (unpaired) electrons.